The highest BCUT2D eigenvalue weighted by Gasteiger charge is 2.29. The van der Waals surface area contributed by atoms with Crippen LogP contribution in [0.25, 0.3) is 5.69 Å². The summed E-state index contributed by atoms with van der Waals surface area (Å²) in [7, 11) is 1.88. The molecule has 1 unspecified atom stereocenters. The van der Waals surface area contributed by atoms with E-state index in [1.54, 1.807) is 0 Å². The molecule has 1 aliphatic heterocycles. The van der Waals surface area contributed by atoms with Crippen LogP contribution in [0, 0.1) is 12.8 Å². The molecule has 1 aliphatic carbocycles. The van der Waals surface area contributed by atoms with Crippen LogP contribution in [0.5, 0.6) is 0 Å². The number of benzene rings is 1. The van der Waals surface area contributed by atoms with E-state index >= 15 is 0 Å². The molecule has 2 aliphatic rings. The molecule has 1 aromatic heterocycles. The number of carbonyl (C=O) groups is 1. The predicted molar refractivity (Wildman–Crippen MR) is 96.2 cm³/mol. The Bertz CT molecular complexity index is 773. The molecule has 2 heterocycles. The van der Waals surface area contributed by atoms with Crippen molar-refractivity contribution in [3.05, 3.63) is 46.8 Å². The maximum Gasteiger partial charge on any atom is 0.274 e. The van der Waals surface area contributed by atoms with Gasteiger partial charge in [-0.15, -0.1) is 0 Å². The van der Waals surface area contributed by atoms with Crippen LogP contribution >= 0.6 is 0 Å². The van der Waals surface area contributed by atoms with Gasteiger partial charge < -0.3 is 9.64 Å². The van der Waals surface area contributed by atoms with E-state index in [0.29, 0.717) is 11.6 Å². The first kappa shape index (κ1) is 16.3. The number of aryl methyl sites for hydroxylation is 1. The van der Waals surface area contributed by atoms with Crippen molar-refractivity contribution in [3.63, 3.8) is 0 Å². The largest absolute Gasteiger partial charge is 0.381 e. The second kappa shape index (κ2) is 6.64. The summed E-state index contributed by atoms with van der Waals surface area (Å²) in [6, 6.07) is 8.34. The zero-order valence-corrected chi connectivity index (χ0v) is 15.0. The van der Waals surface area contributed by atoms with E-state index in [4.69, 9.17) is 9.84 Å². The fourth-order valence-corrected chi connectivity index (χ4v) is 3.89. The van der Waals surface area contributed by atoms with Crippen LogP contribution in [-0.4, -0.2) is 47.4 Å². The Hall–Kier alpha value is -2.14. The van der Waals surface area contributed by atoms with Crippen molar-refractivity contribution < 1.29 is 9.53 Å². The van der Waals surface area contributed by atoms with Gasteiger partial charge in [0.15, 0.2) is 5.69 Å². The Morgan fingerprint density at radius 1 is 1.32 bits per heavy atom. The molecule has 5 heteroatoms. The fraction of sp³-hybridized carbons (Fsp3) is 0.500. The topological polar surface area (TPSA) is 47.4 Å². The molecule has 0 radical (unpaired) electrons. The van der Waals surface area contributed by atoms with Gasteiger partial charge in [0.05, 0.1) is 12.3 Å². The first-order valence-electron chi connectivity index (χ1n) is 9.14. The van der Waals surface area contributed by atoms with Crippen LogP contribution in [-0.2, 0) is 17.6 Å². The van der Waals surface area contributed by atoms with Gasteiger partial charge in [0.25, 0.3) is 5.91 Å². The molecule has 2 aromatic rings. The highest BCUT2D eigenvalue weighted by Crippen LogP contribution is 2.29. The Labute approximate surface area is 148 Å². The molecule has 4 rings (SSSR count). The number of aromatic nitrogens is 2. The summed E-state index contributed by atoms with van der Waals surface area (Å²) in [5.74, 6) is 0.483. The Morgan fingerprint density at radius 3 is 2.84 bits per heavy atom. The van der Waals surface area contributed by atoms with Gasteiger partial charge in [-0.1, -0.05) is 17.7 Å². The van der Waals surface area contributed by atoms with E-state index in [2.05, 4.69) is 31.2 Å². The van der Waals surface area contributed by atoms with Crippen molar-refractivity contribution in [1.29, 1.82) is 0 Å². The van der Waals surface area contributed by atoms with Gasteiger partial charge in [0, 0.05) is 37.4 Å². The fourth-order valence-electron chi connectivity index (χ4n) is 3.89. The van der Waals surface area contributed by atoms with Crippen LogP contribution in [0.3, 0.4) is 0 Å². The molecule has 0 spiro atoms. The van der Waals surface area contributed by atoms with E-state index in [1.807, 2.05) is 16.6 Å². The summed E-state index contributed by atoms with van der Waals surface area (Å²) in [6.07, 6.45) is 4.07. The molecule has 5 nitrogen and oxygen atoms in total. The van der Waals surface area contributed by atoms with Crippen LogP contribution in [0.15, 0.2) is 24.3 Å². The molecule has 132 valence electrons. The zero-order chi connectivity index (χ0) is 17.4. The lowest BCUT2D eigenvalue weighted by Crippen LogP contribution is -2.33. The molecule has 1 amide bonds. The quantitative estimate of drug-likeness (QED) is 0.860. The molecule has 1 saturated heterocycles. The zero-order valence-electron chi connectivity index (χ0n) is 15.0. The minimum absolute atomic E-state index is 0.0379. The number of fused-ring (bicyclic) bond motifs is 1. The van der Waals surface area contributed by atoms with Gasteiger partial charge in [-0.05, 0) is 44.7 Å². The second-order valence-corrected chi connectivity index (χ2v) is 7.29. The van der Waals surface area contributed by atoms with Gasteiger partial charge >= 0.3 is 0 Å². The maximum absolute atomic E-state index is 13.0. The lowest BCUT2D eigenvalue weighted by atomic mass is 10.1. The van der Waals surface area contributed by atoms with Gasteiger partial charge in [0.2, 0.25) is 0 Å². The van der Waals surface area contributed by atoms with Crippen LogP contribution in [0.1, 0.15) is 40.2 Å². The number of nitrogens with zero attached hydrogens (tertiary/aromatic N) is 3. The maximum atomic E-state index is 13.0. The van der Waals surface area contributed by atoms with Gasteiger partial charge in [-0.25, -0.2) is 4.68 Å². The average Bonchev–Trinajstić information content (AvgIpc) is 3.32. The van der Waals surface area contributed by atoms with E-state index < -0.39 is 0 Å². The van der Waals surface area contributed by atoms with Crippen molar-refractivity contribution >= 4 is 5.91 Å². The highest BCUT2D eigenvalue weighted by atomic mass is 16.5. The molecule has 0 N–H and O–H groups in total. The van der Waals surface area contributed by atoms with Gasteiger partial charge in [0.1, 0.15) is 0 Å². The van der Waals surface area contributed by atoms with E-state index in [9.17, 15) is 4.79 Å². The molecule has 0 bridgehead atoms. The summed E-state index contributed by atoms with van der Waals surface area (Å²) in [6.45, 7) is 4.39. The minimum Gasteiger partial charge on any atom is -0.381 e. The first-order valence-corrected chi connectivity index (χ1v) is 9.14. The summed E-state index contributed by atoms with van der Waals surface area (Å²) in [5, 5.41) is 4.72. The summed E-state index contributed by atoms with van der Waals surface area (Å²) in [4.78, 5) is 14.8. The molecular formula is C20H25N3O2. The SMILES string of the molecule is Cc1ccc(-n2nc(C(=O)N(C)CC3CCOC3)c3c2CCC3)cc1. The summed E-state index contributed by atoms with van der Waals surface area (Å²) >= 11 is 0. The second-order valence-electron chi connectivity index (χ2n) is 7.29. The molecule has 1 fully saturated rings. The van der Waals surface area contributed by atoms with Crippen LogP contribution in [0.2, 0.25) is 0 Å². The third kappa shape index (κ3) is 3.09. The van der Waals surface area contributed by atoms with Crippen LogP contribution in [0.4, 0.5) is 0 Å². The standard InChI is InChI=1S/C20H25N3O2/c1-14-6-8-16(9-7-14)23-18-5-3-4-17(18)19(21-23)20(24)22(2)12-15-10-11-25-13-15/h6-9,15H,3-5,10-13H2,1-2H3. The molecule has 1 aromatic carbocycles. The van der Waals surface area contributed by atoms with E-state index in [0.717, 1.165) is 56.7 Å². The molecule has 0 saturated carbocycles. The Morgan fingerprint density at radius 2 is 2.12 bits per heavy atom. The summed E-state index contributed by atoms with van der Waals surface area (Å²) < 4.78 is 7.41. The van der Waals surface area contributed by atoms with Crippen molar-refractivity contribution in [2.75, 3.05) is 26.8 Å². The summed E-state index contributed by atoms with van der Waals surface area (Å²) in [5.41, 5.74) is 5.23. The third-order valence-corrected chi connectivity index (χ3v) is 5.31. The number of ether oxygens (including phenoxy) is 1. The van der Waals surface area contributed by atoms with Gasteiger partial charge in [-0.2, -0.15) is 5.10 Å². The Kier molecular flexibility index (Phi) is 4.34. The van der Waals surface area contributed by atoms with Crippen molar-refractivity contribution in [3.8, 4) is 5.69 Å². The number of carbonyl (C=O) groups excluding carboxylic acids is 1. The lowest BCUT2D eigenvalue weighted by molar-refractivity contribution is 0.0758. The van der Waals surface area contributed by atoms with Crippen molar-refractivity contribution in [2.45, 2.75) is 32.6 Å². The van der Waals surface area contributed by atoms with Crippen molar-refractivity contribution in [1.82, 2.24) is 14.7 Å². The number of hydrogen-bond acceptors (Lipinski definition) is 3. The monoisotopic (exact) mass is 339 g/mol. The highest BCUT2D eigenvalue weighted by molar-refractivity contribution is 5.94. The van der Waals surface area contributed by atoms with E-state index in [-0.39, 0.29) is 5.91 Å². The predicted octanol–water partition coefficient (Wildman–Crippen LogP) is 2.78. The van der Waals surface area contributed by atoms with Gasteiger partial charge in [-0.3, -0.25) is 4.79 Å². The normalized spacial score (nSPS) is 19.2. The molecule has 25 heavy (non-hydrogen) atoms. The lowest BCUT2D eigenvalue weighted by Gasteiger charge is -2.19. The minimum atomic E-state index is 0.0379. The Balaban J connectivity index is 1.62. The smallest absolute Gasteiger partial charge is 0.274 e. The number of amides is 1. The third-order valence-electron chi connectivity index (χ3n) is 5.31. The first-order chi connectivity index (χ1) is 12.1. The van der Waals surface area contributed by atoms with Crippen LogP contribution < -0.4 is 0 Å². The number of rotatable bonds is 4. The average molecular weight is 339 g/mol. The van der Waals surface area contributed by atoms with Crippen molar-refractivity contribution in [2.24, 2.45) is 5.92 Å². The molecular weight excluding hydrogens is 314 g/mol. The van der Waals surface area contributed by atoms with E-state index in [1.165, 1.54) is 11.3 Å². The molecule has 1 atom stereocenters. The number of hydrogen-bond donors (Lipinski definition) is 0.